The van der Waals surface area contributed by atoms with Crippen molar-refractivity contribution < 1.29 is 14.1 Å². The Balaban J connectivity index is 2.17. The fourth-order valence-electron chi connectivity index (χ4n) is 2.05. The molecule has 7 nitrogen and oxygen atoms in total. The van der Waals surface area contributed by atoms with Crippen LogP contribution in [-0.2, 0) is 0 Å². The van der Waals surface area contributed by atoms with Crippen molar-refractivity contribution in [2.24, 2.45) is 0 Å². The molecule has 0 spiro atoms. The highest BCUT2D eigenvalue weighted by atomic mass is 16.6. The minimum atomic E-state index is -0.540. The number of oxazole rings is 1. The van der Waals surface area contributed by atoms with E-state index in [2.05, 4.69) is 4.98 Å². The molecule has 0 bridgehead atoms. The smallest absolute Gasteiger partial charge is 0.292 e. The van der Waals surface area contributed by atoms with Crippen molar-refractivity contribution in [3.05, 3.63) is 46.5 Å². The van der Waals surface area contributed by atoms with Crippen LogP contribution in [0.3, 0.4) is 0 Å². The van der Waals surface area contributed by atoms with Crippen LogP contribution in [0.15, 0.2) is 40.8 Å². The average Bonchev–Trinajstić information content (AvgIpc) is 2.91. The fraction of sp³-hybridized carbons (Fsp3) is 0.0714. The number of fused-ring (bicyclic) bond motifs is 1. The van der Waals surface area contributed by atoms with E-state index >= 15 is 0 Å². The molecule has 3 aromatic rings. The maximum Gasteiger partial charge on any atom is 0.292 e. The average molecular weight is 285 g/mol. The zero-order valence-electron chi connectivity index (χ0n) is 11.1. The number of hydrogen-bond donors (Lipinski definition) is 1. The third kappa shape index (κ3) is 2.14. The molecule has 7 heteroatoms. The van der Waals surface area contributed by atoms with Crippen LogP contribution < -0.4 is 10.5 Å². The van der Waals surface area contributed by atoms with Crippen molar-refractivity contribution in [2.75, 3.05) is 12.8 Å². The summed E-state index contributed by atoms with van der Waals surface area (Å²) in [6.07, 6.45) is 0. The van der Waals surface area contributed by atoms with E-state index in [0.29, 0.717) is 22.4 Å². The van der Waals surface area contributed by atoms with Crippen molar-refractivity contribution >= 4 is 22.5 Å². The van der Waals surface area contributed by atoms with Gasteiger partial charge in [-0.1, -0.05) is 6.07 Å². The second-order valence-electron chi connectivity index (χ2n) is 4.36. The van der Waals surface area contributed by atoms with Gasteiger partial charge in [-0.15, -0.1) is 0 Å². The third-order valence-electron chi connectivity index (χ3n) is 3.08. The molecule has 21 heavy (non-hydrogen) atoms. The normalized spacial score (nSPS) is 10.7. The van der Waals surface area contributed by atoms with Crippen LogP contribution in [0.25, 0.3) is 22.6 Å². The number of anilines is 1. The molecular weight excluding hydrogens is 274 g/mol. The lowest BCUT2D eigenvalue weighted by Crippen LogP contribution is -1.95. The highest BCUT2D eigenvalue weighted by Gasteiger charge is 2.17. The van der Waals surface area contributed by atoms with Gasteiger partial charge in [-0.2, -0.15) is 0 Å². The van der Waals surface area contributed by atoms with E-state index < -0.39 is 4.92 Å². The molecule has 106 valence electrons. The molecule has 0 fully saturated rings. The lowest BCUT2D eigenvalue weighted by atomic mass is 10.2. The molecule has 2 N–H and O–H groups in total. The topological polar surface area (TPSA) is 104 Å². The molecule has 0 saturated heterocycles. The zero-order chi connectivity index (χ0) is 15.0. The Kier molecular flexibility index (Phi) is 2.94. The van der Waals surface area contributed by atoms with Gasteiger partial charge in [0.2, 0.25) is 5.89 Å². The third-order valence-corrected chi connectivity index (χ3v) is 3.08. The molecule has 0 aliphatic carbocycles. The van der Waals surface area contributed by atoms with Gasteiger partial charge in [0.05, 0.1) is 12.0 Å². The van der Waals surface area contributed by atoms with Crippen LogP contribution in [0.2, 0.25) is 0 Å². The molecule has 1 heterocycles. The number of aromatic nitrogens is 1. The van der Waals surface area contributed by atoms with Crippen LogP contribution in [0.5, 0.6) is 5.75 Å². The summed E-state index contributed by atoms with van der Waals surface area (Å²) >= 11 is 0. The van der Waals surface area contributed by atoms with Crippen molar-refractivity contribution in [3.8, 4) is 17.2 Å². The number of rotatable bonds is 3. The van der Waals surface area contributed by atoms with E-state index in [-0.39, 0.29) is 17.3 Å². The molecule has 0 aliphatic rings. The number of ether oxygens (including phenoxy) is 1. The number of nitrogens with two attached hydrogens (primary N) is 1. The predicted molar refractivity (Wildman–Crippen MR) is 77.1 cm³/mol. The minimum Gasteiger partial charge on any atom is -0.494 e. The molecule has 1 aromatic heterocycles. The number of nitrogens with zero attached hydrogens (tertiary/aromatic N) is 2. The molecular formula is C14H11N3O4. The van der Waals surface area contributed by atoms with E-state index in [1.165, 1.54) is 19.2 Å². The molecule has 0 amide bonds. The van der Waals surface area contributed by atoms with E-state index in [4.69, 9.17) is 14.9 Å². The summed E-state index contributed by atoms with van der Waals surface area (Å²) in [5.41, 5.74) is 7.08. The Labute approximate surface area is 119 Å². The van der Waals surface area contributed by atoms with Gasteiger partial charge < -0.3 is 14.9 Å². The second kappa shape index (κ2) is 4.78. The van der Waals surface area contributed by atoms with Gasteiger partial charge in [-0.3, -0.25) is 10.1 Å². The summed E-state index contributed by atoms with van der Waals surface area (Å²) in [5.74, 6) is 0.852. The molecule has 0 atom stereocenters. The maximum absolute atomic E-state index is 10.9. The lowest BCUT2D eigenvalue weighted by Gasteiger charge is -1.99. The molecule has 0 radical (unpaired) electrons. The second-order valence-corrected chi connectivity index (χ2v) is 4.36. The quantitative estimate of drug-likeness (QED) is 0.450. The molecule has 0 aliphatic heterocycles. The number of nitrogen functional groups attached to an aromatic ring is 1. The van der Waals surface area contributed by atoms with Crippen LogP contribution in [0.1, 0.15) is 0 Å². The number of benzene rings is 2. The highest BCUT2D eigenvalue weighted by Crippen LogP contribution is 2.32. The SMILES string of the molecule is COc1cccc2oc(-c3ccc(N)c([N+](=O)[O-])c3)nc12. The molecule has 0 unspecified atom stereocenters. The Morgan fingerprint density at radius 1 is 1.33 bits per heavy atom. The van der Waals surface area contributed by atoms with Gasteiger partial charge in [0.15, 0.2) is 11.1 Å². The summed E-state index contributed by atoms with van der Waals surface area (Å²) in [6, 6.07) is 9.72. The van der Waals surface area contributed by atoms with Crippen LogP contribution in [-0.4, -0.2) is 17.0 Å². The van der Waals surface area contributed by atoms with Crippen molar-refractivity contribution in [3.63, 3.8) is 0 Å². The lowest BCUT2D eigenvalue weighted by molar-refractivity contribution is -0.383. The standard InChI is InChI=1S/C14H11N3O4/c1-20-11-3-2-4-12-13(11)16-14(21-12)8-5-6-9(15)10(7-8)17(18)19/h2-7H,15H2,1H3. The van der Waals surface area contributed by atoms with Crippen LogP contribution in [0.4, 0.5) is 11.4 Å². The van der Waals surface area contributed by atoms with Gasteiger partial charge in [0, 0.05) is 11.6 Å². The van der Waals surface area contributed by atoms with Gasteiger partial charge in [-0.25, -0.2) is 4.98 Å². The Bertz CT molecular complexity index is 841. The van der Waals surface area contributed by atoms with E-state index in [1.807, 2.05) is 0 Å². The van der Waals surface area contributed by atoms with E-state index in [9.17, 15) is 10.1 Å². The first-order valence-corrected chi connectivity index (χ1v) is 6.08. The number of nitro benzene ring substituents is 1. The number of nitro groups is 1. The highest BCUT2D eigenvalue weighted by molar-refractivity contribution is 5.82. The number of para-hydroxylation sites is 1. The molecule has 0 saturated carbocycles. The number of methoxy groups -OCH3 is 1. The first-order valence-electron chi connectivity index (χ1n) is 6.08. The summed E-state index contributed by atoms with van der Waals surface area (Å²) in [7, 11) is 1.54. The molecule has 2 aromatic carbocycles. The summed E-state index contributed by atoms with van der Waals surface area (Å²) in [4.78, 5) is 14.7. The van der Waals surface area contributed by atoms with Gasteiger partial charge >= 0.3 is 0 Å². The first kappa shape index (κ1) is 12.9. The monoisotopic (exact) mass is 285 g/mol. The maximum atomic E-state index is 10.9. The van der Waals surface area contributed by atoms with Gasteiger partial charge in [0.1, 0.15) is 11.4 Å². The number of hydrogen-bond acceptors (Lipinski definition) is 6. The van der Waals surface area contributed by atoms with Crippen molar-refractivity contribution in [2.45, 2.75) is 0 Å². The largest absolute Gasteiger partial charge is 0.494 e. The zero-order valence-corrected chi connectivity index (χ0v) is 11.1. The predicted octanol–water partition coefficient (Wildman–Crippen LogP) is 2.99. The van der Waals surface area contributed by atoms with E-state index in [0.717, 1.165) is 0 Å². The van der Waals surface area contributed by atoms with Crippen LogP contribution in [0, 0.1) is 10.1 Å². The molecule has 3 rings (SSSR count). The summed E-state index contributed by atoms with van der Waals surface area (Å²) in [6.45, 7) is 0. The fourth-order valence-corrected chi connectivity index (χ4v) is 2.05. The Hall–Kier alpha value is -3.09. The Morgan fingerprint density at radius 3 is 2.86 bits per heavy atom. The first-order chi connectivity index (χ1) is 10.1. The van der Waals surface area contributed by atoms with Crippen molar-refractivity contribution in [1.29, 1.82) is 0 Å². The van der Waals surface area contributed by atoms with Crippen LogP contribution >= 0.6 is 0 Å². The summed E-state index contributed by atoms with van der Waals surface area (Å²) < 4.78 is 10.8. The Morgan fingerprint density at radius 2 is 2.14 bits per heavy atom. The van der Waals surface area contributed by atoms with Crippen molar-refractivity contribution in [1.82, 2.24) is 4.98 Å². The van der Waals surface area contributed by atoms with E-state index in [1.54, 1.807) is 24.3 Å². The summed E-state index contributed by atoms with van der Waals surface area (Å²) in [5, 5.41) is 10.9. The minimum absolute atomic E-state index is 0.0949. The van der Waals surface area contributed by atoms with Gasteiger partial charge in [0.25, 0.3) is 5.69 Å². The van der Waals surface area contributed by atoms with Gasteiger partial charge in [-0.05, 0) is 24.3 Å².